The molecule has 4 rings (SSSR count). The van der Waals surface area contributed by atoms with Gasteiger partial charge in [0.2, 0.25) is 0 Å². The van der Waals surface area contributed by atoms with Crippen LogP contribution in [0.5, 0.6) is 11.5 Å². The lowest BCUT2D eigenvalue weighted by Crippen LogP contribution is -2.15. The molecule has 0 unspecified atom stereocenters. The van der Waals surface area contributed by atoms with Crippen molar-refractivity contribution in [2.24, 2.45) is 0 Å². The average Bonchev–Trinajstić information content (AvgIpc) is 3.31. The number of aromatic nitrogens is 2. The van der Waals surface area contributed by atoms with Gasteiger partial charge in [-0.3, -0.25) is 0 Å². The molecule has 5 nitrogen and oxygen atoms in total. The molecule has 0 N–H and O–H groups in total. The standard InChI is InChI=1S/C18H18N2O3S/c1-21-16(17-3-2-10-24-17)12-20-7-6-19-18(20)13-4-5-14-15(11-13)23-9-8-22-14/h2-7,10-11,16H,8-9,12H2,1H3/t16-/m1/s1. The molecule has 2 aromatic heterocycles. The molecule has 0 saturated carbocycles. The molecule has 3 heterocycles. The van der Waals surface area contributed by atoms with Crippen molar-refractivity contribution in [3.63, 3.8) is 0 Å². The molecule has 0 bridgehead atoms. The van der Waals surface area contributed by atoms with E-state index in [1.54, 1.807) is 18.4 Å². The van der Waals surface area contributed by atoms with Gasteiger partial charge in [-0.05, 0) is 29.6 Å². The zero-order chi connectivity index (χ0) is 16.4. The van der Waals surface area contributed by atoms with E-state index in [4.69, 9.17) is 14.2 Å². The van der Waals surface area contributed by atoms with Gasteiger partial charge in [0.1, 0.15) is 25.1 Å². The molecule has 1 aliphatic heterocycles. The van der Waals surface area contributed by atoms with E-state index in [1.165, 1.54) is 4.88 Å². The first-order valence-electron chi connectivity index (χ1n) is 7.82. The topological polar surface area (TPSA) is 45.5 Å². The minimum Gasteiger partial charge on any atom is -0.486 e. The Morgan fingerprint density at radius 3 is 2.92 bits per heavy atom. The van der Waals surface area contributed by atoms with Crippen LogP contribution in [0.4, 0.5) is 0 Å². The second-order valence-corrected chi connectivity index (χ2v) is 6.48. The molecule has 0 spiro atoms. The largest absolute Gasteiger partial charge is 0.486 e. The quantitative estimate of drug-likeness (QED) is 0.708. The molecular weight excluding hydrogens is 324 g/mol. The first-order valence-corrected chi connectivity index (χ1v) is 8.70. The number of ether oxygens (including phenoxy) is 3. The Kier molecular flexibility index (Phi) is 4.23. The summed E-state index contributed by atoms with van der Waals surface area (Å²) in [6.07, 6.45) is 3.80. The molecule has 0 aliphatic carbocycles. The summed E-state index contributed by atoms with van der Waals surface area (Å²) in [4.78, 5) is 5.73. The Hall–Kier alpha value is -2.31. The molecule has 1 aliphatic rings. The van der Waals surface area contributed by atoms with Gasteiger partial charge < -0.3 is 18.8 Å². The number of rotatable bonds is 5. The van der Waals surface area contributed by atoms with Crippen LogP contribution in [0.15, 0.2) is 48.1 Å². The van der Waals surface area contributed by atoms with E-state index in [9.17, 15) is 0 Å². The lowest BCUT2D eigenvalue weighted by molar-refractivity contribution is 0.0911. The molecule has 3 aromatic rings. The van der Waals surface area contributed by atoms with Crippen LogP contribution in [0.3, 0.4) is 0 Å². The highest BCUT2D eigenvalue weighted by Crippen LogP contribution is 2.34. The van der Waals surface area contributed by atoms with Crippen molar-refractivity contribution < 1.29 is 14.2 Å². The van der Waals surface area contributed by atoms with Crippen molar-refractivity contribution in [2.75, 3.05) is 20.3 Å². The summed E-state index contributed by atoms with van der Waals surface area (Å²) in [6.45, 7) is 1.88. The number of hydrogen-bond acceptors (Lipinski definition) is 5. The van der Waals surface area contributed by atoms with Gasteiger partial charge in [-0.1, -0.05) is 6.07 Å². The molecule has 0 fully saturated rings. The molecule has 124 valence electrons. The zero-order valence-corrected chi connectivity index (χ0v) is 14.2. The van der Waals surface area contributed by atoms with E-state index in [0.717, 1.165) is 22.9 Å². The SMILES string of the molecule is CO[C@H](Cn1ccnc1-c1ccc2c(c1)OCCO2)c1cccs1. The van der Waals surface area contributed by atoms with Gasteiger partial charge in [0.25, 0.3) is 0 Å². The number of nitrogens with zero attached hydrogens (tertiary/aromatic N) is 2. The minimum absolute atomic E-state index is 0.00941. The maximum absolute atomic E-state index is 5.68. The highest BCUT2D eigenvalue weighted by atomic mass is 32.1. The Morgan fingerprint density at radius 1 is 1.25 bits per heavy atom. The number of benzene rings is 1. The number of imidazole rings is 1. The summed E-state index contributed by atoms with van der Waals surface area (Å²) in [5.74, 6) is 2.46. The smallest absolute Gasteiger partial charge is 0.162 e. The van der Waals surface area contributed by atoms with Crippen LogP contribution < -0.4 is 9.47 Å². The van der Waals surface area contributed by atoms with Gasteiger partial charge >= 0.3 is 0 Å². The second-order valence-electron chi connectivity index (χ2n) is 5.50. The molecule has 0 saturated heterocycles. The maximum atomic E-state index is 5.68. The van der Waals surface area contributed by atoms with Crippen molar-refractivity contribution in [1.82, 2.24) is 9.55 Å². The lowest BCUT2D eigenvalue weighted by Gasteiger charge is -2.20. The van der Waals surface area contributed by atoms with Gasteiger partial charge in [-0.25, -0.2) is 4.98 Å². The maximum Gasteiger partial charge on any atom is 0.162 e. The number of hydrogen-bond donors (Lipinski definition) is 0. The Bertz CT molecular complexity index is 814. The van der Waals surface area contributed by atoms with Crippen molar-refractivity contribution in [2.45, 2.75) is 12.6 Å². The van der Waals surface area contributed by atoms with E-state index in [1.807, 2.05) is 36.7 Å². The molecule has 0 amide bonds. The normalized spacial score (nSPS) is 14.5. The summed E-state index contributed by atoms with van der Waals surface area (Å²) in [5.41, 5.74) is 1.00. The Labute approximate surface area is 144 Å². The third-order valence-corrected chi connectivity index (χ3v) is 4.99. The summed E-state index contributed by atoms with van der Waals surface area (Å²) < 4.78 is 19.0. The highest BCUT2D eigenvalue weighted by Gasteiger charge is 2.17. The lowest BCUT2D eigenvalue weighted by atomic mass is 10.1. The van der Waals surface area contributed by atoms with E-state index in [0.29, 0.717) is 19.8 Å². The van der Waals surface area contributed by atoms with Crippen LogP contribution in [0.25, 0.3) is 11.4 Å². The second kappa shape index (κ2) is 6.67. The van der Waals surface area contributed by atoms with Crippen molar-refractivity contribution in [3.8, 4) is 22.9 Å². The third-order valence-electron chi connectivity index (χ3n) is 4.02. The summed E-state index contributed by atoms with van der Waals surface area (Å²) >= 11 is 1.70. The van der Waals surface area contributed by atoms with Gasteiger partial charge in [0.15, 0.2) is 11.5 Å². The first kappa shape index (κ1) is 15.2. The molecule has 1 atom stereocenters. The Balaban J connectivity index is 1.63. The fourth-order valence-corrected chi connectivity index (χ4v) is 3.63. The zero-order valence-electron chi connectivity index (χ0n) is 13.3. The van der Waals surface area contributed by atoms with Gasteiger partial charge in [-0.2, -0.15) is 0 Å². The van der Waals surface area contributed by atoms with Crippen LogP contribution in [-0.4, -0.2) is 29.9 Å². The number of methoxy groups -OCH3 is 1. The van der Waals surface area contributed by atoms with Crippen LogP contribution in [0, 0.1) is 0 Å². The van der Waals surface area contributed by atoms with E-state index >= 15 is 0 Å². The van der Waals surface area contributed by atoms with Crippen molar-refractivity contribution in [1.29, 1.82) is 0 Å². The van der Waals surface area contributed by atoms with Crippen LogP contribution in [0.1, 0.15) is 11.0 Å². The monoisotopic (exact) mass is 342 g/mol. The summed E-state index contributed by atoms with van der Waals surface area (Å²) in [6, 6.07) is 10.1. The molecule has 1 aromatic carbocycles. The van der Waals surface area contributed by atoms with E-state index in [2.05, 4.69) is 21.0 Å². The van der Waals surface area contributed by atoms with Crippen molar-refractivity contribution in [3.05, 3.63) is 53.0 Å². The first-order chi connectivity index (χ1) is 11.8. The minimum atomic E-state index is 0.00941. The van der Waals surface area contributed by atoms with Crippen LogP contribution >= 0.6 is 11.3 Å². The fraction of sp³-hybridized carbons (Fsp3) is 0.278. The van der Waals surface area contributed by atoms with Crippen LogP contribution in [-0.2, 0) is 11.3 Å². The molecule has 0 radical (unpaired) electrons. The van der Waals surface area contributed by atoms with Gasteiger partial charge in [0, 0.05) is 29.9 Å². The molecule has 24 heavy (non-hydrogen) atoms. The summed E-state index contributed by atoms with van der Waals surface area (Å²) in [7, 11) is 1.74. The fourth-order valence-electron chi connectivity index (χ4n) is 2.83. The van der Waals surface area contributed by atoms with Crippen molar-refractivity contribution >= 4 is 11.3 Å². The van der Waals surface area contributed by atoms with E-state index < -0.39 is 0 Å². The molecule has 6 heteroatoms. The molecular formula is C18H18N2O3S. The predicted octanol–water partition coefficient (Wildman–Crippen LogP) is 3.77. The van der Waals surface area contributed by atoms with Gasteiger partial charge in [0.05, 0.1) is 6.54 Å². The predicted molar refractivity (Wildman–Crippen MR) is 92.7 cm³/mol. The average molecular weight is 342 g/mol. The van der Waals surface area contributed by atoms with E-state index in [-0.39, 0.29) is 6.10 Å². The third kappa shape index (κ3) is 2.90. The van der Waals surface area contributed by atoms with Crippen LogP contribution in [0.2, 0.25) is 0 Å². The summed E-state index contributed by atoms with van der Waals surface area (Å²) in [5, 5.41) is 2.07. The number of thiophene rings is 1. The number of fused-ring (bicyclic) bond motifs is 1. The Morgan fingerprint density at radius 2 is 2.12 bits per heavy atom. The highest BCUT2D eigenvalue weighted by molar-refractivity contribution is 7.10. The van der Waals surface area contributed by atoms with Gasteiger partial charge in [-0.15, -0.1) is 11.3 Å².